The van der Waals surface area contributed by atoms with Crippen LogP contribution in [0.3, 0.4) is 0 Å². The third kappa shape index (κ3) is 3.38. The average molecular weight is 209 g/mol. The summed E-state index contributed by atoms with van der Waals surface area (Å²) in [5, 5.41) is 0. The zero-order valence-corrected chi connectivity index (χ0v) is 9.49. The lowest BCUT2D eigenvalue weighted by Gasteiger charge is -2.10. The highest BCUT2D eigenvalue weighted by atomic mass is 16.5. The van der Waals surface area contributed by atoms with Crippen LogP contribution < -0.4 is 10.5 Å². The van der Waals surface area contributed by atoms with E-state index in [1.54, 1.807) is 0 Å². The third-order valence-electron chi connectivity index (χ3n) is 2.18. The monoisotopic (exact) mass is 209 g/mol. The second-order valence-electron chi connectivity index (χ2n) is 3.49. The predicted molar refractivity (Wildman–Crippen MR) is 60.8 cm³/mol. The van der Waals surface area contributed by atoms with Crippen molar-refractivity contribution >= 4 is 5.82 Å². The van der Waals surface area contributed by atoms with Crippen LogP contribution in [0.2, 0.25) is 0 Å². The molecular weight excluding hydrogens is 190 g/mol. The van der Waals surface area contributed by atoms with Gasteiger partial charge in [0.15, 0.2) is 0 Å². The van der Waals surface area contributed by atoms with Crippen LogP contribution in [0.5, 0.6) is 5.88 Å². The van der Waals surface area contributed by atoms with Gasteiger partial charge in [0.25, 0.3) is 0 Å². The topological polar surface area (TPSA) is 61.0 Å². The Bertz CT molecular complexity index is 302. The number of aromatic nitrogens is 2. The molecule has 0 aliphatic rings. The fourth-order valence-corrected chi connectivity index (χ4v) is 1.33. The summed E-state index contributed by atoms with van der Waals surface area (Å²) < 4.78 is 5.58. The standard InChI is InChI=1S/C11H19N3O/c1-3-5-7-15-11-9(6-4-2)10(12)13-8-14-11/h8H,3-7H2,1-2H3,(H2,12,13,14). The van der Waals surface area contributed by atoms with Crippen molar-refractivity contribution in [1.29, 1.82) is 0 Å². The summed E-state index contributed by atoms with van der Waals surface area (Å²) in [4.78, 5) is 8.09. The van der Waals surface area contributed by atoms with Gasteiger partial charge in [0.1, 0.15) is 12.1 Å². The summed E-state index contributed by atoms with van der Waals surface area (Å²) in [6.45, 7) is 4.93. The highest BCUT2D eigenvalue weighted by Gasteiger charge is 2.08. The van der Waals surface area contributed by atoms with Crippen molar-refractivity contribution in [3.05, 3.63) is 11.9 Å². The van der Waals surface area contributed by atoms with Crippen LogP contribution >= 0.6 is 0 Å². The van der Waals surface area contributed by atoms with Crippen molar-refractivity contribution in [2.24, 2.45) is 0 Å². The molecule has 1 aromatic heterocycles. The number of nitrogen functional groups attached to an aromatic ring is 1. The molecule has 15 heavy (non-hydrogen) atoms. The van der Waals surface area contributed by atoms with Crippen molar-refractivity contribution in [1.82, 2.24) is 9.97 Å². The van der Waals surface area contributed by atoms with Crippen LogP contribution in [-0.2, 0) is 6.42 Å². The van der Waals surface area contributed by atoms with Crippen molar-refractivity contribution in [3.63, 3.8) is 0 Å². The molecule has 0 amide bonds. The second-order valence-corrected chi connectivity index (χ2v) is 3.49. The van der Waals surface area contributed by atoms with Gasteiger partial charge in [-0.15, -0.1) is 0 Å². The smallest absolute Gasteiger partial charge is 0.221 e. The van der Waals surface area contributed by atoms with E-state index in [1.807, 2.05) is 0 Å². The molecule has 0 fully saturated rings. The molecule has 4 heteroatoms. The number of nitrogens with zero attached hydrogens (tertiary/aromatic N) is 2. The largest absolute Gasteiger partial charge is 0.477 e. The average Bonchev–Trinajstić information content (AvgIpc) is 2.23. The Morgan fingerprint density at radius 1 is 1.27 bits per heavy atom. The van der Waals surface area contributed by atoms with Crippen molar-refractivity contribution < 1.29 is 4.74 Å². The molecule has 0 aliphatic carbocycles. The summed E-state index contributed by atoms with van der Waals surface area (Å²) in [7, 11) is 0. The van der Waals surface area contributed by atoms with Crippen LogP contribution in [0.4, 0.5) is 5.82 Å². The lowest BCUT2D eigenvalue weighted by atomic mass is 10.2. The van der Waals surface area contributed by atoms with Crippen molar-refractivity contribution in [3.8, 4) is 5.88 Å². The molecule has 1 heterocycles. The van der Waals surface area contributed by atoms with Gasteiger partial charge in [-0.2, -0.15) is 0 Å². The van der Waals surface area contributed by atoms with E-state index in [-0.39, 0.29) is 0 Å². The van der Waals surface area contributed by atoms with E-state index in [0.29, 0.717) is 18.3 Å². The van der Waals surface area contributed by atoms with Crippen LogP contribution in [0, 0.1) is 0 Å². The zero-order valence-electron chi connectivity index (χ0n) is 9.49. The quantitative estimate of drug-likeness (QED) is 0.729. The molecule has 84 valence electrons. The van der Waals surface area contributed by atoms with E-state index < -0.39 is 0 Å². The highest BCUT2D eigenvalue weighted by molar-refractivity contribution is 5.44. The number of anilines is 1. The van der Waals surface area contributed by atoms with Crippen LogP contribution in [0.15, 0.2) is 6.33 Å². The molecule has 2 N–H and O–H groups in total. The first-order chi connectivity index (χ1) is 7.29. The molecular formula is C11H19N3O. The number of rotatable bonds is 6. The van der Waals surface area contributed by atoms with E-state index >= 15 is 0 Å². The predicted octanol–water partition coefficient (Wildman–Crippen LogP) is 2.19. The number of ether oxygens (including phenoxy) is 1. The lowest BCUT2D eigenvalue weighted by Crippen LogP contribution is -2.06. The number of hydrogen-bond acceptors (Lipinski definition) is 4. The van der Waals surface area contributed by atoms with Gasteiger partial charge in [-0.1, -0.05) is 26.7 Å². The van der Waals surface area contributed by atoms with Crippen molar-refractivity contribution in [2.75, 3.05) is 12.3 Å². The summed E-state index contributed by atoms with van der Waals surface area (Å²) in [6.07, 6.45) is 5.49. The fourth-order valence-electron chi connectivity index (χ4n) is 1.33. The molecule has 0 saturated carbocycles. The minimum absolute atomic E-state index is 0.540. The first kappa shape index (κ1) is 11.8. The maximum absolute atomic E-state index is 5.78. The van der Waals surface area contributed by atoms with Gasteiger partial charge in [-0.05, 0) is 12.8 Å². The fraction of sp³-hybridized carbons (Fsp3) is 0.636. The SMILES string of the molecule is CCCCOc1ncnc(N)c1CCC. The normalized spacial score (nSPS) is 10.3. The first-order valence-electron chi connectivity index (χ1n) is 5.51. The molecule has 0 aliphatic heterocycles. The minimum atomic E-state index is 0.540. The zero-order chi connectivity index (χ0) is 11.1. The maximum atomic E-state index is 5.78. The molecule has 0 radical (unpaired) electrons. The lowest BCUT2D eigenvalue weighted by molar-refractivity contribution is 0.294. The van der Waals surface area contributed by atoms with E-state index in [2.05, 4.69) is 23.8 Å². The van der Waals surface area contributed by atoms with E-state index in [0.717, 1.165) is 31.2 Å². The Morgan fingerprint density at radius 3 is 2.73 bits per heavy atom. The second kappa shape index (κ2) is 6.22. The van der Waals surface area contributed by atoms with Gasteiger partial charge < -0.3 is 10.5 Å². The number of unbranched alkanes of at least 4 members (excludes halogenated alkanes) is 1. The van der Waals surface area contributed by atoms with E-state index in [4.69, 9.17) is 10.5 Å². The summed E-state index contributed by atoms with van der Waals surface area (Å²) in [6, 6.07) is 0. The maximum Gasteiger partial charge on any atom is 0.221 e. The molecule has 0 atom stereocenters. The minimum Gasteiger partial charge on any atom is -0.477 e. The summed E-state index contributed by atoms with van der Waals surface area (Å²) in [5.41, 5.74) is 6.72. The molecule has 0 unspecified atom stereocenters. The van der Waals surface area contributed by atoms with Crippen LogP contribution in [0.1, 0.15) is 38.7 Å². The van der Waals surface area contributed by atoms with Gasteiger partial charge in [-0.25, -0.2) is 9.97 Å². The Labute approximate surface area is 90.9 Å². The van der Waals surface area contributed by atoms with E-state index in [1.165, 1.54) is 6.33 Å². The summed E-state index contributed by atoms with van der Waals surface area (Å²) >= 11 is 0. The van der Waals surface area contributed by atoms with Gasteiger partial charge in [-0.3, -0.25) is 0 Å². The summed E-state index contributed by atoms with van der Waals surface area (Å²) in [5.74, 6) is 1.19. The Kier molecular flexibility index (Phi) is 4.87. The molecule has 1 rings (SSSR count). The molecule has 1 aromatic rings. The third-order valence-corrected chi connectivity index (χ3v) is 2.18. The Hall–Kier alpha value is -1.32. The first-order valence-corrected chi connectivity index (χ1v) is 5.51. The van der Waals surface area contributed by atoms with Crippen molar-refractivity contribution in [2.45, 2.75) is 39.5 Å². The molecule has 4 nitrogen and oxygen atoms in total. The molecule has 0 bridgehead atoms. The van der Waals surface area contributed by atoms with Crippen LogP contribution in [0.25, 0.3) is 0 Å². The molecule has 0 spiro atoms. The van der Waals surface area contributed by atoms with Gasteiger partial charge in [0.2, 0.25) is 5.88 Å². The Balaban J connectivity index is 2.71. The van der Waals surface area contributed by atoms with Gasteiger partial charge in [0, 0.05) is 0 Å². The van der Waals surface area contributed by atoms with Gasteiger partial charge in [0.05, 0.1) is 12.2 Å². The number of nitrogens with two attached hydrogens (primary N) is 1. The molecule has 0 aromatic carbocycles. The van der Waals surface area contributed by atoms with E-state index in [9.17, 15) is 0 Å². The molecule has 0 saturated heterocycles. The highest BCUT2D eigenvalue weighted by Crippen LogP contribution is 2.21. The Morgan fingerprint density at radius 2 is 2.07 bits per heavy atom. The van der Waals surface area contributed by atoms with Crippen LogP contribution in [-0.4, -0.2) is 16.6 Å². The number of hydrogen-bond donors (Lipinski definition) is 1. The van der Waals surface area contributed by atoms with Gasteiger partial charge >= 0.3 is 0 Å².